The van der Waals surface area contributed by atoms with Crippen LogP contribution in [0.25, 0.3) is 0 Å². The normalized spacial score (nSPS) is 14.9. The second-order valence-corrected chi connectivity index (χ2v) is 5.51. The number of likely N-dealkylation sites (N-methyl/N-ethyl adjacent to an activating group) is 1. The monoisotopic (exact) mass is 264 g/mol. The van der Waals surface area contributed by atoms with Crippen molar-refractivity contribution in [3.05, 3.63) is 40.6 Å². The molecule has 18 heavy (non-hydrogen) atoms. The average molecular weight is 264 g/mol. The zero-order chi connectivity index (χ0) is 13.1. The number of hydrogen-bond acceptors (Lipinski definition) is 4. The van der Waals surface area contributed by atoms with Crippen LogP contribution in [0.5, 0.6) is 0 Å². The molecule has 2 unspecified atom stereocenters. The van der Waals surface area contributed by atoms with Crippen molar-refractivity contribution in [3.63, 3.8) is 0 Å². The number of aromatic nitrogens is 2. The first kappa shape index (κ1) is 13.3. The molecule has 2 atom stereocenters. The summed E-state index contributed by atoms with van der Waals surface area (Å²) >= 11 is 1.71. The molecule has 2 heterocycles. The van der Waals surface area contributed by atoms with E-state index in [9.17, 15) is 0 Å². The maximum absolute atomic E-state index is 6.13. The van der Waals surface area contributed by atoms with E-state index >= 15 is 0 Å². The highest BCUT2D eigenvalue weighted by Gasteiger charge is 2.22. The first-order chi connectivity index (χ1) is 8.59. The van der Waals surface area contributed by atoms with Gasteiger partial charge in [0.05, 0.1) is 12.6 Å². The lowest BCUT2D eigenvalue weighted by Crippen LogP contribution is -2.37. The van der Waals surface area contributed by atoms with Crippen molar-refractivity contribution in [1.29, 1.82) is 0 Å². The standard InChI is InChI=1S/C13H20N4S/c1-10(14)13(11-4-7-18-9-11)17(3)8-12-15-5-6-16(12)2/h4-7,9-10,13H,8,14H2,1-3H3. The SMILES string of the molecule is CC(N)C(c1ccsc1)N(C)Cc1nccn1C. The molecular formula is C13H20N4S. The molecule has 98 valence electrons. The maximum Gasteiger partial charge on any atom is 0.122 e. The van der Waals surface area contributed by atoms with Gasteiger partial charge in [-0.25, -0.2) is 4.98 Å². The summed E-state index contributed by atoms with van der Waals surface area (Å²) in [5, 5.41) is 4.27. The van der Waals surface area contributed by atoms with Crippen LogP contribution in [-0.2, 0) is 13.6 Å². The lowest BCUT2D eigenvalue weighted by Gasteiger charge is -2.30. The van der Waals surface area contributed by atoms with Gasteiger partial charge >= 0.3 is 0 Å². The highest BCUT2D eigenvalue weighted by Crippen LogP contribution is 2.25. The molecule has 0 amide bonds. The zero-order valence-electron chi connectivity index (χ0n) is 11.1. The maximum atomic E-state index is 6.13. The number of rotatable bonds is 5. The third-order valence-electron chi connectivity index (χ3n) is 3.17. The van der Waals surface area contributed by atoms with Crippen LogP contribution in [0.3, 0.4) is 0 Å². The number of nitrogens with zero attached hydrogens (tertiary/aromatic N) is 3. The van der Waals surface area contributed by atoms with Crippen molar-refractivity contribution in [1.82, 2.24) is 14.5 Å². The van der Waals surface area contributed by atoms with Gasteiger partial charge < -0.3 is 10.3 Å². The smallest absolute Gasteiger partial charge is 0.122 e. The molecule has 0 aromatic carbocycles. The molecule has 0 saturated heterocycles. The molecule has 4 nitrogen and oxygen atoms in total. The highest BCUT2D eigenvalue weighted by molar-refractivity contribution is 7.07. The van der Waals surface area contributed by atoms with Gasteiger partial charge in [0.1, 0.15) is 5.82 Å². The van der Waals surface area contributed by atoms with Gasteiger partial charge in [0.25, 0.3) is 0 Å². The Kier molecular flexibility index (Phi) is 4.16. The van der Waals surface area contributed by atoms with E-state index in [0.717, 1.165) is 12.4 Å². The molecule has 2 N–H and O–H groups in total. The van der Waals surface area contributed by atoms with Gasteiger partial charge in [0, 0.05) is 25.5 Å². The lowest BCUT2D eigenvalue weighted by molar-refractivity contribution is 0.205. The number of hydrogen-bond donors (Lipinski definition) is 1. The highest BCUT2D eigenvalue weighted by atomic mass is 32.1. The van der Waals surface area contributed by atoms with Gasteiger partial charge in [-0.1, -0.05) is 0 Å². The van der Waals surface area contributed by atoms with Crippen LogP contribution in [0.4, 0.5) is 0 Å². The molecule has 2 aromatic rings. The minimum atomic E-state index is 0.0878. The second kappa shape index (κ2) is 5.65. The van der Waals surface area contributed by atoms with Gasteiger partial charge in [-0.05, 0) is 36.4 Å². The fourth-order valence-corrected chi connectivity index (χ4v) is 2.96. The molecular weight excluding hydrogens is 244 g/mol. The molecule has 0 spiro atoms. The van der Waals surface area contributed by atoms with Crippen molar-refractivity contribution in [2.45, 2.75) is 25.6 Å². The van der Waals surface area contributed by atoms with E-state index in [1.807, 2.05) is 24.0 Å². The van der Waals surface area contributed by atoms with Crippen LogP contribution in [0, 0.1) is 0 Å². The summed E-state index contributed by atoms with van der Waals surface area (Å²) in [5.41, 5.74) is 7.42. The molecule has 0 aliphatic rings. The molecule has 0 fully saturated rings. The van der Waals surface area contributed by atoms with E-state index in [-0.39, 0.29) is 12.1 Å². The molecule has 0 bridgehead atoms. The van der Waals surface area contributed by atoms with Crippen LogP contribution >= 0.6 is 11.3 Å². The van der Waals surface area contributed by atoms with Crippen LogP contribution in [0.2, 0.25) is 0 Å². The summed E-state index contributed by atoms with van der Waals surface area (Å²) in [5.74, 6) is 1.05. The van der Waals surface area contributed by atoms with Crippen LogP contribution in [0.1, 0.15) is 24.4 Å². The van der Waals surface area contributed by atoms with E-state index in [2.05, 4.69) is 40.7 Å². The fourth-order valence-electron chi connectivity index (χ4n) is 2.27. The number of aryl methyl sites for hydroxylation is 1. The van der Waals surface area contributed by atoms with Gasteiger partial charge in [-0.2, -0.15) is 11.3 Å². The third kappa shape index (κ3) is 2.80. The Morgan fingerprint density at radius 3 is 2.83 bits per heavy atom. The first-order valence-electron chi connectivity index (χ1n) is 6.03. The van der Waals surface area contributed by atoms with Crippen LogP contribution < -0.4 is 5.73 Å². The zero-order valence-corrected chi connectivity index (χ0v) is 11.9. The summed E-state index contributed by atoms with van der Waals surface area (Å²) in [6.07, 6.45) is 3.79. The van der Waals surface area contributed by atoms with Crippen molar-refractivity contribution in [2.75, 3.05) is 7.05 Å². The largest absolute Gasteiger partial charge is 0.337 e. The molecule has 0 aliphatic carbocycles. The summed E-state index contributed by atoms with van der Waals surface area (Å²) < 4.78 is 2.04. The predicted octanol–water partition coefficient (Wildman–Crippen LogP) is 2.00. The van der Waals surface area contributed by atoms with Gasteiger partial charge in [0.15, 0.2) is 0 Å². The molecule has 0 aliphatic heterocycles. The summed E-state index contributed by atoms with van der Waals surface area (Å²) in [6, 6.07) is 2.46. The second-order valence-electron chi connectivity index (χ2n) is 4.73. The quantitative estimate of drug-likeness (QED) is 0.898. The Morgan fingerprint density at radius 1 is 1.56 bits per heavy atom. The third-order valence-corrected chi connectivity index (χ3v) is 3.87. The Hall–Kier alpha value is -1.17. The summed E-state index contributed by atoms with van der Waals surface area (Å²) in [4.78, 5) is 6.62. The molecule has 0 saturated carbocycles. The predicted molar refractivity (Wildman–Crippen MR) is 75.4 cm³/mol. The Labute approximate surface area is 112 Å². The molecule has 2 rings (SSSR count). The van der Waals surface area contributed by atoms with Crippen LogP contribution in [0.15, 0.2) is 29.2 Å². The van der Waals surface area contributed by atoms with Gasteiger partial charge in [0.2, 0.25) is 0 Å². The van der Waals surface area contributed by atoms with Gasteiger partial charge in [-0.3, -0.25) is 4.90 Å². The van der Waals surface area contributed by atoms with E-state index in [1.165, 1.54) is 5.56 Å². The molecule has 0 radical (unpaired) electrons. The minimum Gasteiger partial charge on any atom is -0.337 e. The van der Waals surface area contributed by atoms with E-state index in [0.29, 0.717) is 0 Å². The van der Waals surface area contributed by atoms with Crippen molar-refractivity contribution in [2.24, 2.45) is 12.8 Å². The summed E-state index contributed by atoms with van der Waals surface area (Å²) in [6.45, 7) is 2.85. The van der Waals surface area contributed by atoms with E-state index in [1.54, 1.807) is 11.3 Å². The van der Waals surface area contributed by atoms with Gasteiger partial charge in [-0.15, -0.1) is 0 Å². The topological polar surface area (TPSA) is 47.1 Å². The minimum absolute atomic E-state index is 0.0878. The number of imidazole rings is 1. The fraction of sp³-hybridized carbons (Fsp3) is 0.462. The lowest BCUT2D eigenvalue weighted by atomic mass is 10.0. The van der Waals surface area contributed by atoms with Crippen molar-refractivity contribution >= 4 is 11.3 Å². The molecule has 2 aromatic heterocycles. The van der Waals surface area contributed by atoms with Crippen molar-refractivity contribution < 1.29 is 0 Å². The first-order valence-corrected chi connectivity index (χ1v) is 6.98. The Morgan fingerprint density at radius 2 is 2.33 bits per heavy atom. The van der Waals surface area contributed by atoms with E-state index < -0.39 is 0 Å². The van der Waals surface area contributed by atoms with Crippen LogP contribution in [-0.4, -0.2) is 27.5 Å². The Bertz CT molecular complexity index is 475. The molecule has 5 heteroatoms. The number of thiophene rings is 1. The number of nitrogens with two attached hydrogens (primary N) is 1. The Balaban J connectivity index is 2.14. The average Bonchev–Trinajstić information content (AvgIpc) is 2.92. The summed E-state index contributed by atoms with van der Waals surface area (Å²) in [7, 11) is 4.11. The van der Waals surface area contributed by atoms with Crippen molar-refractivity contribution in [3.8, 4) is 0 Å². The van der Waals surface area contributed by atoms with E-state index in [4.69, 9.17) is 5.73 Å².